The Hall–Kier alpha value is -2.88. The molecule has 3 aromatic rings. The highest BCUT2D eigenvalue weighted by atomic mass is 32.2. The first-order valence-electron chi connectivity index (χ1n) is 7.71. The number of fused-ring (bicyclic) bond motifs is 1. The van der Waals surface area contributed by atoms with Gasteiger partial charge in [0.2, 0.25) is 0 Å². The average molecular weight is 377 g/mol. The van der Waals surface area contributed by atoms with E-state index in [-0.39, 0.29) is 22.6 Å². The van der Waals surface area contributed by atoms with Gasteiger partial charge in [-0.05, 0) is 18.2 Å². The summed E-state index contributed by atoms with van der Waals surface area (Å²) in [4.78, 5) is 43.1. The Balaban J connectivity index is 1.65. The molecule has 1 amide bonds. The molecule has 2 heterocycles. The van der Waals surface area contributed by atoms with E-state index in [1.807, 2.05) is 0 Å². The quantitative estimate of drug-likeness (QED) is 0.501. The largest absolute Gasteiger partial charge is 0.351 e. The number of H-pyrrole nitrogens is 1. The first kappa shape index (κ1) is 17.9. The smallest absolute Gasteiger partial charge is 0.332 e. The van der Waals surface area contributed by atoms with Gasteiger partial charge in [-0.15, -0.1) is 0 Å². The number of nitrogens with zero attached hydrogens (tertiary/aromatic N) is 3. The predicted molar refractivity (Wildman–Crippen MR) is 96.0 cm³/mol. The third-order valence-corrected chi connectivity index (χ3v) is 4.66. The molecular formula is C16H16FN5O3S. The van der Waals surface area contributed by atoms with Crippen molar-refractivity contribution in [3.63, 3.8) is 0 Å². The Morgan fingerprint density at radius 2 is 2.08 bits per heavy atom. The van der Waals surface area contributed by atoms with Gasteiger partial charge < -0.3 is 10.3 Å². The van der Waals surface area contributed by atoms with E-state index in [2.05, 4.69) is 15.3 Å². The first-order valence-corrected chi connectivity index (χ1v) is 8.69. The van der Waals surface area contributed by atoms with Gasteiger partial charge in [0.15, 0.2) is 16.3 Å². The van der Waals surface area contributed by atoms with Gasteiger partial charge in [-0.2, -0.15) is 0 Å². The fourth-order valence-electron chi connectivity index (χ4n) is 2.42. The molecular weight excluding hydrogens is 361 g/mol. The second-order valence-corrected chi connectivity index (χ2v) is 6.64. The molecule has 0 radical (unpaired) electrons. The molecule has 0 atom stereocenters. The van der Waals surface area contributed by atoms with Crippen molar-refractivity contribution in [3.8, 4) is 0 Å². The topological polar surface area (TPSA) is 102 Å². The van der Waals surface area contributed by atoms with Crippen molar-refractivity contribution in [1.29, 1.82) is 0 Å². The molecule has 2 N–H and O–H groups in total. The molecule has 0 fully saturated rings. The first-order chi connectivity index (χ1) is 12.4. The van der Waals surface area contributed by atoms with Gasteiger partial charge in [0.05, 0.1) is 0 Å². The van der Waals surface area contributed by atoms with Crippen LogP contribution in [0.2, 0.25) is 0 Å². The molecule has 26 heavy (non-hydrogen) atoms. The molecule has 3 rings (SSSR count). The summed E-state index contributed by atoms with van der Waals surface area (Å²) in [6.45, 7) is 0.327. The number of aromatic amines is 1. The summed E-state index contributed by atoms with van der Waals surface area (Å²) < 4.78 is 15.4. The van der Waals surface area contributed by atoms with Crippen LogP contribution in [-0.4, -0.2) is 37.3 Å². The molecule has 2 aromatic heterocycles. The van der Waals surface area contributed by atoms with Crippen LogP contribution in [0, 0.1) is 5.82 Å². The molecule has 10 heteroatoms. The number of carbonyl (C=O) groups excluding carboxylic acids is 1. The maximum Gasteiger partial charge on any atom is 0.332 e. The zero-order valence-electron chi connectivity index (χ0n) is 14.1. The van der Waals surface area contributed by atoms with Crippen LogP contribution < -0.4 is 16.6 Å². The van der Waals surface area contributed by atoms with E-state index in [0.29, 0.717) is 17.5 Å². The number of imidazole rings is 1. The highest BCUT2D eigenvalue weighted by Gasteiger charge is 2.13. The number of aromatic nitrogens is 4. The van der Waals surface area contributed by atoms with Gasteiger partial charge in [0.1, 0.15) is 5.82 Å². The standard InChI is InChI=1S/C16H16FN5O3S/c1-21-12-11(14(24)22(2)16(21)25)19-15(20-12)26-7-6-18-13(23)9-4-3-5-10(17)8-9/h3-5,8H,6-7H2,1-2H3,(H,18,23)(H,19,20). The summed E-state index contributed by atoms with van der Waals surface area (Å²) in [6.07, 6.45) is 0. The maximum absolute atomic E-state index is 13.1. The van der Waals surface area contributed by atoms with Crippen molar-refractivity contribution in [3.05, 3.63) is 56.5 Å². The van der Waals surface area contributed by atoms with Crippen LogP contribution >= 0.6 is 11.8 Å². The van der Waals surface area contributed by atoms with Crippen LogP contribution in [0.25, 0.3) is 11.2 Å². The Morgan fingerprint density at radius 1 is 1.31 bits per heavy atom. The Labute approximate surface area is 151 Å². The fourth-order valence-corrected chi connectivity index (χ4v) is 3.14. The third-order valence-electron chi connectivity index (χ3n) is 3.79. The molecule has 0 bridgehead atoms. The van der Waals surface area contributed by atoms with Crippen LogP contribution in [0.4, 0.5) is 4.39 Å². The molecule has 0 aliphatic rings. The van der Waals surface area contributed by atoms with Gasteiger partial charge in [0.25, 0.3) is 11.5 Å². The highest BCUT2D eigenvalue weighted by Crippen LogP contribution is 2.15. The number of aryl methyl sites for hydroxylation is 1. The van der Waals surface area contributed by atoms with Crippen LogP contribution in [0.1, 0.15) is 10.4 Å². The lowest BCUT2D eigenvalue weighted by molar-refractivity contribution is 0.0955. The SMILES string of the molecule is Cn1c(=O)c2[nH]c(SCCNC(=O)c3cccc(F)c3)nc2n(C)c1=O. The lowest BCUT2D eigenvalue weighted by Crippen LogP contribution is -2.36. The molecule has 0 spiro atoms. The van der Waals surface area contributed by atoms with Crippen molar-refractivity contribution in [2.75, 3.05) is 12.3 Å². The molecule has 0 unspecified atom stereocenters. The van der Waals surface area contributed by atoms with Crippen LogP contribution in [0.3, 0.4) is 0 Å². The van der Waals surface area contributed by atoms with Crippen LogP contribution in [0.15, 0.2) is 39.0 Å². The van der Waals surface area contributed by atoms with Gasteiger partial charge in [-0.25, -0.2) is 14.2 Å². The summed E-state index contributed by atoms with van der Waals surface area (Å²) in [5.74, 6) is -0.359. The number of amides is 1. The number of halogens is 1. The van der Waals surface area contributed by atoms with Crippen molar-refractivity contribution in [1.82, 2.24) is 24.4 Å². The van der Waals surface area contributed by atoms with E-state index in [0.717, 1.165) is 10.6 Å². The molecule has 1 aromatic carbocycles. The van der Waals surface area contributed by atoms with Gasteiger partial charge in [-0.1, -0.05) is 17.8 Å². The van der Waals surface area contributed by atoms with E-state index in [1.165, 1.54) is 41.6 Å². The van der Waals surface area contributed by atoms with Crippen LogP contribution in [0.5, 0.6) is 0 Å². The number of thioether (sulfide) groups is 1. The van der Waals surface area contributed by atoms with E-state index in [9.17, 15) is 18.8 Å². The Morgan fingerprint density at radius 3 is 2.81 bits per heavy atom. The monoisotopic (exact) mass is 377 g/mol. The number of hydrogen-bond donors (Lipinski definition) is 2. The number of hydrogen-bond acceptors (Lipinski definition) is 5. The van der Waals surface area contributed by atoms with E-state index >= 15 is 0 Å². The third kappa shape index (κ3) is 3.40. The maximum atomic E-state index is 13.1. The number of rotatable bonds is 5. The lowest BCUT2D eigenvalue weighted by atomic mass is 10.2. The average Bonchev–Trinajstić information content (AvgIpc) is 3.06. The number of carbonyl (C=O) groups is 1. The minimum Gasteiger partial charge on any atom is -0.351 e. The highest BCUT2D eigenvalue weighted by molar-refractivity contribution is 7.99. The summed E-state index contributed by atoms with van der Waals surface area (Å²) in [5, 5.41) is 3.15. The van der Waals surface area contributed by atoms with Crippen molar-refractivity contribution in [2.24, 2.45) is 14.1 Å². The van der Waals surface area contributed by atoms with Crippen molar-refractivity contribution >= 4 is 28.8 Å². The van der Waals surface area contributed by atoms with Gasteiger partial charge in [-0.3, -0.25) is 18.7 Å². The van der Waals surface area contributed by atoms with E-state index in [1.54, 1.807) is 7.05 Å². The summed E-state index contributed by atoms with van der Waals surface area (Å²) in [7, 11) is 2.94. The van der Waals surface area contributed by atoms with Crippen molar-refractivity contribution in [2.45, 2.75) is 5.16 Å². The lowest BCUT2D eigenvalue weighted by Gasteiger charge is -2.04. The zero-order valence-corrected chi connectivity index (χ0v) is 14.9. The fraction of sp³-hybridized carbons (Fsp3) is 0.250. The van der Waals surface area contributed by atoms with Gasteiger partial charge >= 0.3 is 5.69 Å². The van der Waals surface area contributed by atoms with E-state index in [4.69, 9.17) is 0 Å². The second kappa shape index (κ2) is 7.16. The van der Waals surface area contributed by atoms with E-state index < -0.39 is 17.1 Å². The van der Waals surface area contributed by atoms with Crippen molar-refractivity contribution < 1.29 is 9.18 Å². The predicted octanol–water partition coefficient (Wildman–Crippen LogP) is 0.621. The zero-order chi connectivity index (χ0) is 18.8. The summed E-state index contributed by atoms with van der Waals surface area (Å²) in [6, 6.07) is 5.43. The molecule has 8 nitrogen and oxygen atoms in total. The second-order valence-electron chi connectivity index (χ2n) is 5.56. The molecule has 136 valence electrons. The normalized spacial score (nSPS) is 11.0. The minimum atomic E-state index is -0.471. The molecule has 0 saturated heterocycles. The summed E-state index contributed by atoms with van der Waals surface area (Å²) >= 11 is 1.30. The minimum absolute atomic E-state index is 0.247. The molecule has 0 aliphatic carbocycles. The molecule has 0 saturated carbocycles. The van der Waals surface area contributed by atoms with Gasteiger partial charge in [0, 0.05) is 32.0 Å². The number of benzene rings is 1. The Bertz CT molecular complexity index is 1100. The number of nitrogens with one attached hydrogen (secondary N) is 2. The van der Waals surface area contributed by atoms with Crippen LogP contribution in [-0.2, 0) is 14.1 Å². The molecule has 0 aliphatic heterocycles. The summed E-state index contributed by atoms with van der Waals surface area (Å²) in [5.41, 5.74) is -0.114. The Kier molecular flexibility index (Phi) is 4.94.